The molecule has 1 aromatic heterocycles. The van der Waals surface area contributed by atoms with Gasteiger partial charge in [-0.05, 0) is 25.3 Å². The Balaban J connectivity index is 3.31. The van der Waals surface area contributed by atoms with Crippen molar-refractivity contribution >= 4 is 12.0 Å². The summed E-state index contributed by atoms with van der Waals surface area (Å²) in [4.78, 5) is 20.3. The van der Waals surface area contributed by atoms with Crippen LogP contribution in [0.2, 0.25) is 0 Å². The highest BCUT2D eigenvalue weighted by molar-refractivity contribution is 5.86. The van der Waals surface area contributed by atoms with Gasteiger partial charge in [-0.15, -0.1) is 0 Å². The summed E-state index contributed by atoms with van der Waals surface area (Å²) in [7, 11) is 1.33. The summed E-state index contributed by atoms with van der Waals surface area (Å²) < 4.78 is 4.69. The average molecular weight is 288 g/mol. The minimum absolute atomic E-state index is 0.0587. The molecule has 0 radical (unpaired) electrons. The Morgan fingerprint density at radius 2 is 2.00 bits per heavy atom. The molecular formula is C17H24N2O2. The molecule has 0 atom stereocenters. The number of nitrogens with zero attached hydrogens (tertiary/aromatic N) is 2. The number of hydrogen-bond acceptors (Lipinski definition) is 4. The number of aromatic nitrogens is 2. The van der Waals surface area contributed by atoms with Gasteiger partial charge >= 0.3 is 5.97 Å². The molecule has 0 bridgehead atoms. The molecule has 0 saturated heterocycles. The Morgan fingerprint density at radius 3 is 2.48 bits per heavy atom. The number of hydrogen-bond donors (Lipinski definition) is 0. The van der Waals surface area contributed by atoms with Crippen molar-refractivity contribution < 1.29 is 9.53 Å². The molecule has 4 heteroatoms. The first kappa shape index (κ1) is 17.1. The largest absolute Gasteiger partial charge is 0.464 e. The van der Waals surface area contributed by atoms with Crippen molar-refractivity contribution in [3.8, 4) is 0 Å². The predicted octanol–water partition coefficient (Wildman–Crippen LogP) is 3.83. The van der Waals surface area contributed by atoms with Gasteiger partial charge in [0.05, 0.1) is 24.7 Å². The third-order valence-electron chi connectivity index (χ3n) is 3.28. The maximum atomic E-state index is 11.6. The SMILES string of the molecule is C=C(C)Cc1nc(C(=O)OC)cnc1/C=C(\C)C(C)(C)C. The molecule has 1 rings (SSSR count). The molecule has 0 unspecified atom stereocenters. The van der Waals surface area contributed by atoms with E-state index in [-0.39, 0.29) is 11.1 Å². The molecule has 0 aromatic carbocycles. The third-order valence-corrected chi connectivity index (χ3v) is 3.28. The number of carbonyl (C=O) groups excluding carboxylic acids is 1. The normalized spacial score (nSPS) is 12.2. The van der Waals surface area contributed by atoms with Crippen molar-refractivity contribution in [1.82, 2.24) is 9.97 Å². The number of methoxy groups -OCH3 is 1. The fourth-order valence-corrected chi connectivity index (χ4v) is 1.60. The van der Waals surface area contributed by atoms with E-state index in [1.54, 1.807) is 0 Å². The first-order valence-corrected chi connectivity index (χ1v) is 6.92. The third kappa shape index (κ3) is 4.81. The highest BCUT2D eigenvalue weighted by atomic mass is 16.5. The molecule has 1 aromatic rings. The Hall–Kier alpha value is -1.97. The second-order valence-electron chi connectivity index (χ2n) is 6.29. The highest BCUT2D eigenvalue weighted by Gasteiger charge is 2.16. The maximum Gasteiger partial charge on any atom is 0.358 e. The summed E-state index contributed by atoms with van der Waals surface area (Å²) in [6, 6.07) is 0. The van der Waals surface area contributed by atoms with Crippen LogP contribution >= 0.6 is 0 Å². The molecule has 0 aliphatic carbocycles. The second-order valence-corrected chi connectivity index (χ2v) is 6.29. The van der Waals surface area contributed by atoms with E-state index in [1.807, 2.05) is 13.0 Å². The standard InChI is InChI=1S/C17H24N2O2/c1-11(2)8-14-13(9-12(3)17(4,5)6)18-10-15(19-14)16(20)21-7/h9-10H,1,8H2,2-7H3/b12-9+. The van der Waals surface area contributed by atoms with Gasteiger partial charge < -0.3 is 4.74 Å². The van der Waals surface area contributed by atoms with Crippen molar-refractivity contribution in [2.75, 3.05) is 7.11 Å². The molecule has 0 aliphatic rings. The fraction of sp³-hybridized carbons (Fsp3) is 0.471. The van der Waals surface area contributed by atoms with Gasteiger partial charge in [0.15, 0.2) is 5.69 Å². The number of allylic oxidation sites excluding steroid dienone is 2. The van der Waals surface area contributed by atoms with Crippen molar-refractivity contribution in [2.45, 2.75) is 41.0 Å². The lowest BCUT2D eigenvalue weighted by molar-refractivity contribution is 0.0593. The molecule has 0 aliphatic heterocycles. The quantitative estimate of drug-likeness (QED) is 0.624. The first-order valence-electron chi connectivity index (χ1n) is 6.92. The van der Waals surface area contributed by atoms with E-state index in [0.29, 0.717) is 6.42 Å². The Labute approximate surface area is 127 Å². The van der Waals surface area contributed by atoms with E-state index in [4.69, 9.17) is 4.74 Å². The monoisotopic (exact) mass is 288 g/mol. The van der Waals surface area contributed by atoms with E-state index in [2.05, 4.69) is 44.2 Å². The molecule has 1 heterocycles. The van der Waals surface area contributed by atoms with E-state index in [1.165, 1.54) is 18.9 Å². The lowest BCUT2D eigenvalue weighted by Crippen LogP contribution is -2.11. The van der Waals surface area contributed by atoms with Crippen LogP contribution in [-0.4, -0.2) is 23.0 Å². The molecule has 0 fully saturated rings. The summed E-state index contributed by atoms with van der Waals surface area (Å²) in [5.41, 5.74) is 3.97. The summed E-state index contributed by atoms with van der Waals surface area (Å²) in [5, 5.41) is 0. The zero-order valence-corrected chi connectivity index (χ0v) is 13.8. The summed E-state index contributed by atoms with van der Waals surface area (Å²) >= 11 is 0. The van der Waals surface area contributed by atoms with Crippen molar-refractivity contribution in [3.63, 3.8) is 0 Å². The van der Waals surface area contributed by atoms with Gasteiger partial charge in [0.25, 0.3) is 0 Å². The summed E-state index contributed by atoms with van der Waals surface area (Å²) in [5.74, 6) is -0.478. The van der Waals surface area contributed by atoms with E-state index in [9.17, 15) is 4.79 Å². The van der Waals surface area contributed by atoms with Gasteiger partial charge in [-0.2, -0.15) is 0 Å². The van der Waals surface area contributed by atoms with Crippen LogP contribution in [0.25, 0.3) is 6.08 Å². The van der Waals surface area contributed by atoms with Crippen LogP contribution in [0.1, 0.15) is 56.5 Å². The molecule has 114 valence electrons. The van der Waals surface area contributed by atoms with Crippen LogP contribution in [0.4, 0.5) is 0 Å². The van der Waals surface area contributed by atoms with E-state index in [0.717, 1.165) is 17.0 Å². The van der Waals surface area contributed by atoms with E-state index >= 15 is 0 Å². The van der Waals surface area contributed by atoms with Gasteiger partial charge in [0.1, 0.15) is 0 Å². The second kappa shape index (κ2) is 6.66. The highest BCUT2D eigenvalue weighted by Crippen LogP contribution is 2.27. The minimum Gasteiger partial charge on any atom is -0.464 e. The fourth-order valence-electron chi connectivity index (χ4n) is 1.60. The number of esters is 1. The van der Waals surface area contributed by atoms with Crippen molar-refractivity contribution in [1.29, 1.82) is 0 Å². The maximum absolute atomic E-state index is 11.6. The van der Waals surface area contributed by atoms with Crippen LogP contribution in [-0.2, 0) is 11.2 Å². The van der Waals surface area contributed by atoms with Gasteiger partial charge in [0, 0.05) is 6.42 Å². The molecule has 0 amide bonds. The van der Waals surface area contributed by atoms with Crippen LogP contribution in [0.5, 0.6) is 0 Å². The van der Waals surface area contributed by atoms with E-state index < -0.39 is 5.97 Å². The predicted molar refractivity (Wildman–Crippen MR) is 85.0 cm³/mol. The van der Waals surface area contributed by atoms with Crippen LogP contribution in [0, 0.1) is 5.41 Å². The Kier molecular flexibility index (Phi) is 5.41. The molecule has 0 saturated carbocycles. The Morgan fingerprint density at radius 1 is 1.38 bits per heavy atom. The van der Waals surface area contributed by atoms with Gasteiger partial charge in [0.2, 0.25) is 0 Å². The average Bonchev–Trinajstić information content (AvgIpc) is 2.38. The smallest absolute Gasteiger partial charge is 0.358 e. The number of rotatable bonds is 4. The first-order chi connectivity index (χ1) is 9.65. The topological polar surface area (TPSA) is 52.1 Å². The molecule has 0 N–H and O–H groups in total. The van der Waals surface area contributed by atoms with Gasteiger partial charge in [-0.25, -0.2) is 9.78 Å². The summed E-state index contributed by atoms with van der Waals surface area (Å²) in [6.07, 6.45) is 4.06. The van der Waals surface area contributed by atoms with Crippen LogP contribution in [0.3, 0.4) is 0 Å². The minimum atomic E-state index is -0.478. The van der Waals surface area contributed by atoms with Crippen LogP contribution in [0.15, 0.2) is 23.9 Å². The summed E-state index contributed by atoms with van der Waals surface area (Å²) in [6.45, 7) is 14.3. The van der Waals surface area contributed by atoms with Gasteiger partial charge in [-0.1, -0.05) is 38.5 Å². The molecule has 21 heavy (non-hydrogen) atoms. The Bertz CT molecular complexity index is 581. The lowest BCUT2D eigenvalue weighted by Gasteiger charge is -2.19. The zero-order chi connectivity index (χ0) is 16.2. The zero-order valence-electron chi connectivity index (χ0n) is 13.8. The van der Waals surface area contributed by atoms with Gasteiger partial charge in [-0.3, -0.25) is 4.98 Å². The number of ether oxygens (including phenoxy) is 1. The van der Waals surface area contributed by atoms with Crippen molar-refractivity contribution in [2.24, 2.45) is 5.41 Å². The lowest BCUT2D eigenvalue weighted by atomic mass is 9.87. The molecular weight excluding hydrogens is 264 g/mol. The molecule has 0 spiro atoms. The number of carbonyl (C=O) groups is 1. The van der Waals surface area contributed by atoms with Crippen molar-refractivity contribution in [3.05, 3.63) is 41.0 Å². The molecule has 4 nitrogen and oxygen atoms in total. The van der Waals surface area contributed by atoms with Crippen LogP contribution < -0.4 is 0 Å².